The molecule has 0 aliphatic rings. The van der Waals surface area contributed by atoms with Gasteiger partial charge in [-0.3, -0.25) is 0 Å². The lowest BCUT2D eigenvalue weighted by Gasteiger charge is -2.07. The number of benzene rings is 2. The Morgan fingerprint density at radius 2 is 1.60 bits per heavy atom. The van der Waals surface area contributed by atoms with Crippen LogP contribution in [0.2, 0.25) is 0 Å². The molecular weight excluding hydrogens is 254 g/mol. The zero-order valence-corrected chi connectivity index (χ0v) is 10.9. The molecule has 1 atom stereocenters. The zero-order valence-electron chi connectivity index (χ0n) is 10.9. The largest absolute Gasteiger partial charge is 0.508 e. The molecule has 20 heavy (non-hydrogen) atoms. The van der Waals surface area contributed by atoms with E-state index in [9.17, 15) is 9.90 Å². The molecule has 0 aliphatic carbocycles. The fourth-order valence-corrected chi connectivity index (χ4v) is 1.71. The van der Waals surface area contributed by atoms with Crippen molar-refractivity contribution in [1.29, 1.82) is 5.26 Å². The molecule has 0 aromatic heterocycles. The number of phenolic OH excluding ortho intramolecular Hbond substituents is 1. The van der Waals surface area contributed by atoms with E-state index in [-0.39, 0.29) is 5.75 Å². The number of nitriles is 1. The predicted molar refractivity (Wildman–Crippen MR) is 74.0 cm³/mol. The van der Waals surface area contributed by atoms with Crippen LogP contribution in [0.4, 0.5) is 0 Å². The van der Waals surface area contributed by atoms with Crippen molar-refractivity contribution in [2.45, 2.75) is 13.0 Å². The zero-order chi connectivity index (χ0) is 14.5. The molecule has 2 aromatic carbocycles. The van der Waals surface area contributed by atoms with Gasteiger partial charge in [-0.25, -0.2) is 4.79 Å². The highest BCUT2D eigenvalue weighted by Gasteiger charge is 2.11. The van der Waals surface area contributed by atoms with Crippen LogP contribution in [0.1, 0.15) is 17.3 Å². The van der Waals surface area contributed by atoms with E-state index in [2.05, 4.69) is 0 Å². The number of ether oxygens (including phenoxy) is 1. The minimum Gasteiger partial charge on any atom is -0.508 e. The van der Waals surface area contributed by atoms with Gasteiger partial charge < -0.3 is 9.84 Å². The lowest BCUT2D eigenvalue weighted by molar-refractivity contribution is 0.0435. The molecule has 2 rings (SSSR count). The number of aromatic hydroxyl groups is 1. The number of nitrogens with zero attached hydrogens (tertiary/aromatic N) is 1. The fraction of sp³-hybridized carbons (Fsp3) is 0.125. The van der Waals surface area contributed by atoms with Gasteiger partial charge in [0.2, 0.25) is 0 Å². The third-order valence-corrected chi connectivity index (χ3v) is 2.79. The Morgan fingerprint density at radius 1 is 1.10 bits per heavy atom. The summed E-state index contributed by atoms with van der Waals surface area (Å²) in [4.78, 5) is 11.7. The van der Waals surface area contributed by atoms with Gasteiger partial charge in [0.15, 0.2) is 6.10 Å². The minimum atomic E-state index is -0.765. The van der Waals surface area contributed by atoms with E-state index in [0.717, 1.165) is 11.1 Å². The van der Waals surface area contributed by atoms with Crippen LogP contribution < -0.4 is 0 Å². The number of hydrogen-bond acceptors (Lipinski definition) is 4. The smallest absolute Gasteiger partial charge is 0.339 e. The Kier molecular flexibility index (Phi) is 4.02. The Bertz CT molecular complexity index is 639. The summed E-state index contributed by atoms with van der Waals surface area (Å²) in [6.07, 6.45) is -0.765. The molecule has 0 heterocycles. The van der Waals surface area contributed by atoms with E-state index in [1.807, 2.05) is 6.07 Å². The van der Waals surface area contributed by atoms with Crippen molar-refractivity contribution in [3.05, 3.63) is 54.1 Å². The molecule has 0 saturated carbocycles. The molecule has 0 amide bonds. The van der Waals surface area contributed by atoms with Gasteiger partial charge in [0.25, 0.3) is 0 Å². The molecular formula is C16H13NO3. The van der Waals surface area contributed by atoms with Gasteiger partial charge in [-0.05, 0) is 42.3 Å². The van der Waals surface area contributed by atoms with Crippen LogP contribution in [0.3, 0.4) is 0 Å². The van der Waals surface area contributed by atoms with Gasteiger partial charge >= 0.3 is 5.97 Å². The van der Waals surface area contributed by atoms with E-state index in [0.29, 0.717) is 5.56 Å². The maximum atomic E-state index is 11.7. The Labute approximate surface area is 116 Å². The van der Waals surface area contributed by atoms with Crippen LogP contribution >= 0.6 is 0 Å². The van der Waals surface area contributed by atoms with Crippen LogP contribution in [-0.2, 0) is 4.74 Å². The van der Waals surface area contributed by atoms with Gasteiger partial charge in [-0.1, -0.05) is 24.3 Å². The summed E-state index contributed by atoms with van der Waals surface area (Å²) in [7, 11) is 0. The van der Waals surface area contributed by atoms with E-state index in [4.69, 9.17) is 10.00 Å². The highest BCUT2D eigenvalue weighted by molar-refractivity contribution is 5.90. The second kappa shape index (κ2) is 5.89. The van der Waals surface area contributed by atoms with Crippen LogP contribution in [0.15, 0.2) is 48.5 Å². The number of rotatable bonds is 3. The van der Waals surface area contributed by atoms with Gasteiger partial charge in [-0.15, -0.1) is 0 Å². The number of carbonyl (C=O) groups excluding carboxylic acids is 1. The first-order valence-corrected chi connectivity index (χ1v) is 6.10. The number of phenols is 1. The van der Waals surface area contributed by atoms with E-state index in [1.165, 1.54) is 6.92 Å². The normalized spacial score (nSPS) is 11.4. The SMILES string of the molecule is C[C@@H](C#N)OC(=O)c1ccc(-c2ccc(O)cc2)cc1. The maximum absolute atomic E-state index is 11.7. The topological polar surface area (TPSA) is 70.3 Å². The van der Waals surface area contributed by atoms with Crippen molar-refractivity contribution in [3.8, 4) is 22.9 Å². The van der Waals surface area contributed by atoms with Crippen molar-refractivity contribution in [1.82, 2.24) is 0 Å². The van der Waals surface area contributed by atoms with Crippen LogP contribution in [0, 0.1) is 11.3 Å². The summed E-state index contributed by atoms with van der Waals surface area (Å²) in [5.74, 6) is -0.309. The summed E-state index contributed by atoms with van der Waals surface area (Å²) in [6.45, 7) is 1.52. The molecule has 0 saturated heterocycles. The highest BCUT2D eigenvalue weighted by atomic mass is 16.5. The number of hydrogen-bond donors (Lipinski definition) is 1. The molecule has 2 aromatic rings. The van der Waals surface area contributed by atoms with Crippen molar-refractivity contribution in [2.24, 2.45) is 0 Å². The second-order valence-electron chi connectivity index (χ2n) is 4.30. The van der Waals surface area contributed by atoms with Gasteiger partial charge in [0.05, 0.1) is 5.56 Å². The van der Waals surface area contributed by atoms with Gasteiger partial charge in [0.1, 0.15) is 11.8 Å². The quantitative estimate of drug-likeness (QED) is 0.867. The molecule has 0 aliphatic heterocycles. The summed E-state index contributed by atoms with van der Waals surface area (Å²) in [5.41, 5.74) is 2.26. The molecule has 0 radical (unpaired) electrons. The van der Waals surface area contributed by atoms with Crippen molar-refractivity contribution >= 4 is 5.97 Å². The number of esters is 1. The monoisotopic (exact) mass is 267 g/mol. The van der Waals surface area contributed by atoms with E-state index >= 15 is 0 Å². The summed E-state index contributed by atoms with van der Waals surface area (Å²) >= 11 is 0. The van der Waals surface area contributed by atoms with Crippen molar-refractivity contribution in [2.75, 3.05) is 0 Å². The highest BCUT2D eigenvalue weighted by Crippen LogP contribution is 2.22. The third-order valence-electron chi connectivity index (χ3n) is 2.79. The Morgan fingerprint density at radius 3 is 2.10 bits per heavy atom. The lowest BCUT2D eigenvalue weighted by atomic mass is 10.0. The standard InChI is InChI=1S/C16H13NO3/c1-11(10-17)20-16(19)14-4-2-12(3-5-14)13-6-8-15(18)9-7-13/h2-9,11,18H,1H3/t11-/m0/s1. The summed E-state index contributed by atoms with van der Waals surface area (Å²) < 4.78 is 4.91. The first-order valence-electron chi connectivity index (χ1n) is 6.10. The maximum Gasteiger partial charge on any atom is 0.339 e. The molecule has 1 N–H and O–H groups in total. The van der Waals surface area contributed by atoms with E-state index < -0.39 is 12.1 Å². The summed E-state index contributed by atoms with van der Waals surface area (Å²) in [6, 6.07) is 15.5. The Balaban J connectivity index is 2.16. The molecule has 100 valence electrons. The predicted octanol–water partition coefficient (Wildman–Crippen LogP) is 3.13. The van der Waals surface area contributed by atoms with E-state index in [1.54, 1.807) is 48.5 Å². The van der Waals surface area contributed by atoms with Crippen LogP contribution in [-0.4, -0.2) is 17.2 Å². The van der Waals surface area contributed by atoms with Crippen molar-refractivity contribution < 1.29 is 14.6 Å². The fourth-order valence-electron chi connectivity index (χ4n) is 1.71. The van der Waals surface area contributed by atoms with Crippen LogP contribution in [0.25, 0.3) is 11.1 Å². The average molecular weight is 267 g/mol. The van der Waals surface area contributed by atoms with Crippen molar-refractivity contribution in [3.63, 3.8) is 0 Å². The molecule has 0 bridgehead atoms. The molecule has 0 fully saturated rings. The first kappa shape index (κ1) is 13.6. The second-order valence-corrected chi connectivity index (χ2v) is 4.30. The third kappa shape index (κ3) is 3.15. The number of carbonyl (C=O) groups is 1. The van der Waals surface area contributed by atoms with Gasteiger partial charge in [-0.2, -0.15) is 5.26 Å². The lowest BCUT2D eigenvalue weighted by Crippen LogP contribution is -2.12. The molecule has 0 spiro atoms. The molecule has 4 nitrogen and oxygen atoms in total. The van der Waals surface area contributed by atoms with Crippen LogP contribution in [0.5, 0.6) is 5.75 Å². The summed E-state index contributed by atoms with van der Waals surface area (Å²) in [5, 5.41) is 17.8. The average Bonchev–Trinajstić information content (AvgIpc) is 2.48. The van der Waals surface area contributed by atoms with Gasteiger partial charge in [0, 0.05) is 0 Å². The Hall–Kier alpha value is -2.80. The molecule has 0 unspecified atom stereocenters. The minimum absolute atomic E-state index is 0.208. The molecule has 4 heteroatoms. The first-order chi connectivity index (χ1) is 9.60.